The summed E-state index contributed by atoms with van der Waals surface area (Å²) < 4.78 is 26.8. The van der Waals surface area contributed by atoms with Crippen LogP contribution in [0.4, 0.5) is 0 Å². The molecule has 0 bridgehead atoms. The van der Waals surface area contributed by atoms with E-state index >= 15 is 0 Å². The molecule has 2 heterocycles. The molecule has 0 aromatic carbocycles. The van der Waals surface area contributed by atoms with Gasteiger partial charge in [0, 0.05) is 11.4 Å². The maximum atomic E-state index is 10.9. The summed E-state index contributed by atoms with van der Waals surface area (Å²) in [5.74, 6) is -1.20. The molecular weight excluding hydrogens is 280 g/mol. The van der Waals surface area contributed by atoms with E-state index in [9.17, 15) is 13.2 Å². The van der Waals surface area contributed by atoms with Crippen molar-refractivity contribution in [1.82, 2.24) is 4.98 Å². The van der Waals surface area contributed by atoms with Crippen molar-refractivity contribution < 1.29 is 22.7 Å². The zero-order valence-electron chi connectivity index (χ0n) is 8.86. The van der Waals surface area contributed by atoms with E-state index in [1.165, 1.54) is 6.07 Å². The summed E-state index contributed by atoms with van der Waals surface area (Å²) in [4.78, 5) is 14.7. The van der Waals surface area contributed by atoms with Gasteiger partial charge >= 0.3 is 5.97 Å². The molecule has 0 saturated heterocycles. The second-order valence-electron chi connectivity index (χ2n) is 3.44. The fourth-order valence-electron chi connectivity index (χ4n) is 1.25. The largest absolute Gasteiger partial charge is 0.478 e. The van der Waals surface area contributed by atoms with Crippen LogP contribution in [0.15, 0.2) is 22.1 Å². The minimum absolute atomic E-state index is 0.00555. The molecule has 0 aliphatic rings. The Balaban J connectivity index is 2.26. The number of hydrogen-bond acceptors (Lipinski definition) is 6. The van der Waals surface area contributed by atoms with E-state index in [-0.39, 0.29) is 17.1 Å². The summed E-state index contributed by atoms with van der Waals surface area (Å²) >= 11 is 1.11. The molecule has 9 heteroatoms. The molecule has 0 amide bonds. The quantitative estimate of drug-likeness (QED) is 0.861. The van der Waals surface area contributed by atoms with Gasteiger partial charge in [0.2, 0.25) is 10.0 Å². The minimum atomic E-state index is -3.63. The number of rotatable bonds is 4. The number of carboxylic acid groups (broad SMARTS) is 1. The fourth-order valence-corrected chi connectivity index (χ4v) is 2.99. The van der Waals surface area contributed by atoms with Gasteiger partial charge in [0.25, 0.3) is 0 Å². The first-order valence-electron chi connectivity index (χ1n) is 4.62. The Hall–Kier alpha value is -1.71. The number of carboxylic acids is 1. The fraction of sp³-hybridized carbons (Fsp3) is 0.111. The van der Waals surface area contributed by atoms with Gasteiger partial charge in [-0.05, 0) is 0 Å². The Morgan fingerprint density at radius 2 is 2.28 bits per heavy atom. The molecule has 7 nitrogen and oxygen atoms in total. The van der Waals surface area contributed by atoms with Gasteiger partial charge < -0.3 is 9.52 Å². The molecule has 18 heavy (non-hydrogen) atoms. The van der Waals surface area contributed by atoms with Gasteiger partial charge in [0.15, 0.2) is 5.76 Å². The molecule has 2 aromatic rings. The number of thiazole rings is 1. The van der Waals surface area contributed by atoms with Crippen molar-refractivity contribution in [2.75, 3.05) is 0 Å². The highest BCUT2D eigenvalue weighted by Gasteiger charge is 2.14. The molecule has 3 N–H and O–H groups in total. The van der Waals surface area contributed by atoms with Gasteiger partial charge in [0.05, 0.1) is 5.56 Å². The smallest absolute Gasteiger partial charge is 0.338 e. The Labute approximate surface area is 106 Å². The van der Waals surface area contributed by atoms with Gasteiger partial charge in [0.1, 0.15) is 22.7 Å². The summed E-state index contributed by atoms with van der Waals surface area (Å²) in [6.45, 7) is 0. The van der Waals surface area contributed by atoms with Crippen LogP contribution in [0.2, 0.25) is 0 Å². The SMILES string of the molecule is NS(=O)(=O)Cc1nc(-c2cc(C(=O)O)co2)cs1. The van der Waals surface area contributed by atoms with E-state index in [2.05, 4.69) is 4.98 Å². The molecule has 96 valence electrons. The van der Waals surface area contributed by atoms with Crippen LogP contribution in [-0.4, -0.2) is 24.5 Å². The van der Waals surface area contributed by atoms with Gasteiger partial charge in [-0.1, -0.05) is 0 Å². The number of hydrogen-bond donors (Lipinski definition) is 2. The molecule has 0 aliphatic heterocycles. The molecule has 0 fully saturated rings. The van der Waals surface area contributed by atoms with E-state index in [0.717, 1.165) is 17.6 Å². The van der Waals surface area contributed by atoms with Crippen LogP contribution in [0.25, 0.3) is 11.5 Å². The van der Waals surface area contributed by atoms with Crippen molar-refractivity contribution in [3.63, 3.8) is 0 Å². The monoisotopic (exact) mass is 288 g/mol. The minimum Gasteiger partial charge on any atom is -0.478 e. The number of aromatic carboxylic acids is 1. The third-order valence-electron chi connectivity index (χ3n) is 1.98. The maximum Gasteiger partial charge on any atom is 0.338 e. The zero-order valence-corrected chi connectivity index (χ0v) is 10.5. The standard InChI is InChI=1S/C9H8N2O5S2/c10-18(14,15)4-8-11-6(3-17-8)7-1-5(2-16-7)9(12)13/h1-3H,4H2,(H,12,13)(H2,10,14,15). The molecule has 0 spiro atoms. The molecule has 0 radical (unpaired) electrons. The van der Waals surface area contributed by atoms with Crippen LogP contribution < -0.4 is 5.14 Å². The van der Waals surface area contributed by atoms with Crippen molar-refractivity contribution in [3.05, 3.63) is 28.3 Å². The molecule has 2 aromatic heterocycles. The highest BCUT2D eigenvalue weighted by atomic mass is 32.2. The van der Waals surface area contributed by atoms with E-state index < -0.39 is 16.0 Å². The van der Waals surface area contributed by atoms with Crippen LogP contribution in [0, 0.1) is 0 Å². The summed E-state index contributed by atoms with van der Waals surface area (Å²) in [6.07, 6.45) is 1.09. The van der Waals surface area contributed by atoms with Crippen molar-refractivity contribution in [2.24, 2.45) is 5.14 Å². The average molecular weight is 288 g/mol. The predicted molar refractivity (Wildman–Crippen MR) is 63.6 cm³/mol. The van der Waals surface area contributed by atoms with Crippen molar-refractivity contribution >= 4 is 27.3 Å². The third-order valence-corrected chi connectivity index (χ3v) is 3.68. The Kier molecular flexibility index (Phi) is 3.20. The first kappa shape index (κ1) is 12.7. The van der Waals surface area contributed by atoms with Gasteiger partial charge in [-0.3, -0.25) is 0 Å². The number of nitrogens with two attached hydrogens (primary N) is 1. The molecule has 0 saturated carbocycles. The van der Waals surface area contributed by atoms with Crippen molar-refractivity contribution in [3.8, 4) is 11.5 Å². The molecular formula is C9H8N2O5S2. The van der Waals surface area contributed by atoms with Crippen LogP contribution in [0.3, 0.4) is 0 Å². The summed E-state index contributed by atoms with van der Waals surface area (Å²) in [5.41, 5.74) is 0.386. The molecule has 0 aliphatic carbocycles. The molecule has 2 rings (SSSR count). The first-order valence-corrected chi connectivity index (χ1v) is 7.22. The lowest BCUT2D eigenvalue weighted by Gasteiger charge is -1.91. The number of primary sulfonamides is 1. The predicted octanol–water partition coefficient (Wildman–Crippen LogP) is 0.890. The van der Waals surface area contributed by atoms with Gasteiger partial charge in [-0.2, -0.15) is 0 Å². The highest BCUT2D eigenvalue weighted by molar-refractivity contribution is 7.88. The van der Waals surface area contributed by atoms with Crippen LogP contribution in [0.5, 0.6) is 0 Å². The Bertz CT molecular complexity index is 685. The third kappa shape index (κ3) is 2.94. The Morgan fingerprint density at radius 1 is 1.56 bits per heavy atom. The van der Waals surface area contributed by atoms with E-state index in [4.69, 9.17) is 14.7 Å². The van der Waals surface area contributed by atoms with Gasteiger partial charge in [-0.15, -0.1) is 11.3 Å². The first-order chi connectivity index (χ1) is 8.35. The molecule has 0 atom stereocenters. The number of furan rings is 1. The lowest BCUT2D eigenvalue weighted by atomic mass is 10.3. The zero-order chi connectivity index (χ0) is 13.3. The number of aromatic nitrogens is 1. The lowest BCUT2D eigenvalue weighted by molar-refractivity contribution is 0.0696. The van der Waals surface area contributed by atoms with Crippen LogP contribution >= 0.6 is 11.3 Å². The second-order valence-corrected chi connectivity index (χ2v) is 6.00. The second kappa shape index (κ2) is 4.52. The number of sulfonamides is 1. The summed E-state index contributed by atoms with van der Waals surface area (Å²) in [5, 5.41) is 15.5. The summed E-state index contributed by atoms with van der Waals surface area (Å²) in [7, 11) is -3.63. The van der Waals surface area contributed by atoms with E-state index in [1.807, 2.05) is 0 Å². The van der Waals surface area contributed by atoms with Crippen LogP contribution in [0.1, 0.15) is 15.4 Å². The average Bonchev–Trinajstić information content (AvgIpc) is 2.81. The van der Waals surface area contributed by atoms with E-state index in [1.54, 1.807) is 5.38 Å². The topological polar surface area (TPSA) is 123 Å². The normalized spacial score (nSPS) is 11.6. The number of nitrogens with zero attached hydrogens (tertiary/aromatic N) is 1. The highest BCUT2D eigenvalue weighted by Crippen LogP contribution is 2.24. The molecule has 0 unspecified atom stereocenters. The number of carbonyl (C=O) groups is 1. The van der Waals surface area contributed by atoms with E-state index in [0.29, 0.717) is 10.7 Å². The van der Waals surface area contributed by atoms with Crippen LogP contribution in [-0.2, 0) is 15.8 Å². The van der Waals surface area contributed by atoms with Crippen molar-refractivity contribution in [1.29, 1.82) is 0 Å². The summed E-state index contributed by atoms with van der Waals surface area (Å²) in [6, 6.07) is 1.32. The maximum absolute atomic E-state index is 10.9. The Morgan fingerprint density at radius 3 is 2.83 bits per heavy atom. The lowest BCUT2D eigenvalue weighted by Crippen LogP contribution is -2.14. The van der Waals surface area contributed by atoms with Gasteiger partial charge in [-0.25, -0.2) is 23.3 Å². The van der Waals surface area contributed by atoms with Crippen molar-refractivity contribution in [2.45, 2.75) is 5.75 Å².